The van der Waals surface area contributed by atoms with Crippen molar-refractivity contribution < 1.29 is 4.79 Å². The number of carbonyl (C=O) groups is 1. The molecule has 2 N–H and O–H groups in total. The van der Waals surface area contributed by atoms with Gasteiger partial charge in [0.25, 0.3) is 0 Å². The average Bonchev–Trinajstić information content (AvgIpc) is 2.95. The lowest BCUT2D eigenvalue weighted by atomic mass is 9.95. The van der Waals surface area contributed by atoms with Crippen LogP contribution in [0.1, 0.15) is 39.0 Å². The number of rotatable bonds is 5. The smallest absolute Gasteiger partial charge is 0.167 e. The molecule has 0 bridgehead atoms. The molecule has 1 aliphatic rings. The summed E-state index contributed by atoms with van der Waals surface area (Å²) in [6.07, 6.45) is 4.82. The van der Waals surface area contributed by atoms with Crippen molar-refractivity contribution in [2.45, 2.75) is 32.1 Å². The maximum absolute atomic E-state index is 12.6. The fourth-order valence-corrected chi connectivity index (χ4v) is 3.18. The topological polar surface area (TPSA) is 43.1 Å². The van der Waals surface area contributed by atoms with Crippen molar-refractivity contribution in [1.29, 1.82) is 0 Å². The van der Waals surface area contributed by atoms with Gasteiger partial charge in [0.2, 0.25) is 0 Å². The van der Waals surface area contributed by atoms with Crippen LogP contribution in [0, 0.1) is 0 Å². The summed E-state index contributed by atoms with van der Waals surface area (Å²) in [6.45, 7) is 0.573. The molecule has 0 amide bonds. The van der Waals surface area contributed by atoms with E-state index in [-0.39, 0.29) is 5.78 Å². The van der Waals surface area contributed by atoms with E-state index in [0.29, 0.717) is 13.0 Å². The molecule has 0 aromatic heterocycles. The van der Waals surface area contributed by atoms with E-state index in [2.05, 4.69) is 18.2 Å². The highest BCUT2D eigenvalue weighted by Crippen LogP contribution is 2.23. The molecule has 108 valence electrons. The van der Waals surface area contributed by atoms with Crippen LogP contribution < -0.4 is 5.73 Å². The molecule has 2 aromatic rings. The molecule has 0 saturated carbocycles. The second-order valence-electron chi connectivity index (χ2n) is 5.75. The maximum Gasteiger partial charge on any atom is 0.167 e. The Morgan fingerprint density at radius 2 is 1.86 bits per heavy atom. The molecular formula is C19H21NO. The molecule has 0 aliphatic heterocycles. The van der Waals surface area contributed by atoms with E-state index >= 15 is 0 Å². The van der Waals surface area contributed by atoms with E-state index in [1.54, 1.807) is 0 Å². The molecule has 21 heavy (non-hydrogen) atoms. The first-order valence-electron chi connectivity index (χ1n) is 7.70. The van der Waals surface area contributed by atoms with Gasteiger partial charge < -0.3 is 5.73 Å². The van der Waals surface area contributed by atoms with E-state index in [1.807, 2.05) is 24.3 Å². The van der Waals surface area contributed by atoms with Gasteiger partial charge >= 0.3 is 0 Å². The second-order valence-corrected chi connectivity index (χ2v) is 5.75. The van der Waals surface area contributed by atoms with Crippen LogP contribution in [-0.4, -0.2) is 12.3 Å². The van der Waals surface area contributed by atoms with Gasteiger partial charge in [0, 0.05) is 12.0 Å². The number of fused-ring (bicyclic) bond motifs is 1. The number of hydrogen-bond acceptors (Lipinski definition) is 2. The van der Waals surface area contributed by atoms with Crippen molar-refractivity contribution in [2.24, 2.45) is 5.73 Å². The van der Waals surface area contributed by atoms with Gasteiger partial charge in [0.15, 0.2) is 5.78 Å². The Bertz CT molecular complexity index is 660. The standard InChI is InChI=1S/C19H21NO/c20-11-10-16-4-1-2-7-18(16)19(21)13-14-8-9-15-5-3-6-17(15)12-14/h1-2,4,7-9,12H,3,5-6,10-11,13,20H2. The van der Waals surface area contributed by atoms with Gasteiger partial charge in [-0.05, 0) is 54.5 Å². The van der Waals surface area contributed by atoms with Gasteiger partial charge in [0.05, 0.1) is 0 Å². The average molecular weight is 279 g/mol. The zero-order chi connectivity index (χ0) is 14.7. The van der Waals surface area contributed by atoms with Gasteiger partial charge in [-0.15, -0.1) is 0 Å². The molecule has 0 atom stereocenters. The Labute approximate surface area is 126 Å². The minimum atomic E-state index is 0.192. The van der Waals surface area contributed by atoms with E-state index in [9.17, 15) is 4.79 Å². The summed E-state index contributed by atoms with van der Waals surface area (Å²) in [4.78, 5) is 12.6. The Hall–Kier alpha value is -1.93. The number of Topliss-reactive ketones (excluding diaryl/α,β-unsaturated/α-hetero) is 1. The summed E-state index contributed by atoms with van der Waals surface area (Å²) < 4.78 is 0. The van der Waals surface area contributed by atoms with E-state index < -0.39 is 0 Å². The van der Waals surface area contributed by atoms with Crippen LogP contribution in [0.25, 0.3) is 0 Å². The third-order valence-electron chi connectivity index (χ3n) is 4.26. The fraction of sp³-hybridized carbons (Fsp3) is 0.316. The summed E-state index contributed by atoms with van der Waals surface area (Å²) in [7, 11) is 0. The first-order chi connectivity index (χ1) is 10.3. The van der Waals surface area contributed by atoms with Gasteiger partial charge in [-0.3, -0.25) is 4.79 Å². The predicted molar refractivity (Wildman–Crippen MR) is 85.7 cm³/mol. The third-order valence-corrected chi connectivity index (χ3v) is 4.26. The lowest BCUT2D eigenvalue weighted by molar-refractivity contribution is 0.0992. The van der Waals surface area contributed by atoms with Crippen LogP contribution in [0.3, 0.4) is 0 Å². The first-order valence-corrected chi connectivity index (χ1v) is 7.70. The Kier molecular flexibility index (Phi) is 4.16. The van der Waals surface area contributed by atoms with Crippen LogP contribution in [0.15, 0.2) is 42.5 Å². The summed E-state index contributed by atoms with van der Waals surface area (Å²) in [5, 5.41) is 0. The van der Waals surface area contributed by atoms with E-state index in [4.69, 9.17) is 5.73 Å². The zero-order valence-corrected chi connectivity index (χ0v) is 12.3. The van der Waals surface area contributed by atoms with Crippen molar-refractivity contribution in [1.82, 2.24) is 0 Å². The van der Waals surface area contributed by atoms with Crippen LogP contribution >= 0.6 is 0 Å². The molecule has 2 nitrogen and oxygen atoms in total. The molecule has 1 aliphatic carbocycles. The van der Waals surface area contributed by atoms with Gasteiger partial charge in [0.1, 0.15) is 0 Å². The van der Waals surface area contributed by atoms with Crippen molar-refractivity contribution in [3.63, 3.8) is 0 Å². The molecule has 2 aromatic carbocycles. The molecule has 0 spiro atoms. The highest BCUT2D eigenvalue weighted by molar-refractivity contribution is 5.98. The van der Waals surface area contributed by atoms with Crippen LogP contribution in [0.4, 0.5) is 0 Å². The number of benzene rings is 2. The van der Waals surface area contributed by atoms with Crippen molar-refractivity contribution in [2.75, 3.05) is 6.54 Å². The van der Waals surface area contributed by atoms with E-state index in [1.165, 1.54) is 24.0 Å². The lowest BCUT2D eigenvalue weighted by Crippen LogP contribution is -2.11. The molecule has 0 unspecified atom stereocenters. The minimum Gasteiger partial charge on any atom is -0.330 e. The minimum absolute atomic E-state index is 0.192. The summed E-state index contributed by atoms with van der Waals surface area (Å²) in [6, 6.07) is 14.3. The number of hydrogen-bond donors (Lipinski definition) is 1. The SMILES string of the molecule is NCCc1ccccc1C(=O)Cc1ccc2c(c1)CCC2. The van der Waals surface area contributed by atoms with E-state index in [0.717, 1.165) is 29.5 Å². The Morgan fingerprint density at radius 1 is 1.05 bits per heavy atom. The van der Waals surface area contributed by atoms with Crippen molar-refractivity contribution in [3.8, 4) is 0 Å². The Morgan fingerprint density at radius 3 is 2.71 bits per heavy atom. The van der Waals surface area contributed by atoms with Gasteiger partial charge in [-0.1, -0.05) is 42.5 Å². The maximum atomic E-state index is 12.6. The fourth-order valence-electron chi connectivity index (χ4n) is 3.18. The number of ketones is 1. The normalized spacial score (nSPS) is 13.2. The number of aryl methyl sites for hydroxylation is 2. The third kappa shape index (κ3) is 3.06. The van der Waals surface area contributed by atoms with Crippen LogP contribution in [-0.2, 0) is 25.7 Å². The van der Waals surface area contributed by atoms with Crippen molar-refractivity contribution in [3.05, 3.63) is 70.3 Å². The molecule has 0 fully saturated rings. The molecular weight excluding hydrogens is 258 g/mol. The zero-order valence-electron chi connectivity index (χ0n) is 12.3. The molecule has 3 rings (SSSR count). The number of carbonyl (C=O) groups excluding carboxylic acids is 1. The molecule has 0 saturated heterocycles. The summed E-state index contributed by atoms with van der Waals surface area (Å²) in [5.74, 6) is 0.192. The monoisotopic (exact) mass is 279 g/mol. The van der Waals surface area contributed by atoms with Crippen LogP contribution in [0.2, 0.25) is 0 Å². The first kappa shape index (κ1) is 14.0. The van der Waals surface area contributed by atoms with Gasteiger partial charge in [-0.25, -0.2) is 0 Å². The largest absolute Gasteiger partial charge is 0.330 e. The second kappa shape index (κ2) is 6.23. The molecule has 2 heteroatoms. The highest BCUT2D eigenvalue weighted by atomic mass is 16.1. The van der Waals surface area contributed by atoms with Crippen molar-refractivity contribution >= 4 is 5.78 Å². The summed E-state index contributed by atoms with van der Waals surface area (Å²) >= 11 is 0. The summed E-state index contributed by atoms with van der Waals surface area (Å²) in [5.41, 5.74) is 11.5. The quantitative estimate of drug-likeness (QED) is 0.855. The molecule has 0 heterocycles. The highest BCUT2D eigenvalue weighted by Gasteiger charge is 2.14. The van der Waals surface area contributed by atoms with Crippen LogP contribution in [0.5, 0.6) is 0 Å². The number of nitrogens with two attached hydrogens (primary N) is 1. The van der Waals surface area contributed by atoms with Gasteiger partial charge in [-0.2, -0.15) is 0 Å². The molecule has 0 radical (unpaired) electrons. The lowest BCUT2D eigenvalue weighted by Gasteiger charge is -2.09. The predicted octanol–water partition coefficient (Wildman–Crippen LogP) is 3.10. The Balaban J connectivity index is 1.80.